The molecular formula is C24H21ClN2O3. The van der Waals surface area contributed by atoms with E-state index in [1.807, 2.05) is 45.0 Å². The van der Waals surface area contributed by atoms with Crippen molar-refractivity contribution in [1.29, 1.82) is 0 Å². The maximum atomic E-state index is 12.7. The molecule has 0 aliphatic carbocycles. The number of aromatic nitrogens is 1. The number of carbonyl (C=O) groups is 1. The highest BCUT2D eigenvalue weighted by atomic mass is 35.5. The van der Waals surface area contributed by atoms with Crippen LogP contribution in [0.25, 0.3) is 22.6 Å². The minimum Gasteiger partial charge on any atom is -0.491 e. The van der Waals surface area contributed by atoms with Gasteiger partial charge in [-0.15, -0.1) is 0 Å². The number of rotatable bonds is 5. The lowest BCUT2D eigenvalue weighted by atomic mass is 10.1. The van der Waals surface area contributed by atoms with E-state index in [4.69, 9.17) is 20.8 Å². The molecule has 4 aromatic rings. The van der Waals surface area contributed by atoms with Crippen LogP contribution in [0.1, 0.15) is 29.8 Å². The Balaban J connectivity index is 1.56. The van der Waals surface area contributed by atoms with Crippen LogP contribution in [-0.2, 0) is 0 Å². The molecule has 30 heavy (non-hydrogen) atoms. The Labute approximate surface area is 179 Å². The summed E-state index contributed by atoms with van der Waals surface area (Å²) in [5.41, 5.74) is 4.22. The van der Waals surface area contributed by atoms with Gasteiger partial charge < -0.3 is 14.5 Å². The van der Waals surface area contributed by atoms with Crippen LogP contribution in [-0.4, -0.2) is 17.0 Å². The zero-order valence-electron chi connectivity index (χ0n) is 16.9. The standard InChI is InChI=1S/C24H21ClN2O3/c1-14(2)29-19-6-4-5-16(11-19)23(28)26-18-9-10-22-21(13-18)27-24(30-22)17-8-7-15(3)20(25)12-17/h4-14H,1-3H3,(H,26,28). The highest BCUT2D eigenvalue weighted by Crippen LogP contribution is 2.29. The van der Waals surface area contributed by atoms with E-state index in [1.165, 1.54) is 0 Å². The van der Waals surface area contributed by atoms with Gasteiger partial charge >= 0.3 is 0 Å². The average Bonchev–Trinajstić information content (AvgIpc) is 3.13. The number of amides is 1. The highest BCUT2D eigenvalue weighted by molar-refractivity contribution is 6.31. The Bertz CT molecular complexity index is 1230. The molecule has 0 saturated heterocycles. The van der Waals surface area contributed by atoms with E-state index >= 15 is 0 Å². The number of nitrogens with zero attached hydrogens (tertiary/aromatic N) is 1. The first kappa shape index (κ1) is 20.0. The van der Waals surface area contributed by atoms with Gasteiger partial charge in [-0.05, 0) is 74.9 Å². The number of hydrogen-bond acceptors (Lipinski definition) is 4. The summed E-state index contributed by atoms with van der Waals surface area (Å²) in [4.78, 5) is 17.2. The molecule has 0 aliphatic rings. The number of hydrogen-bond donors (Lipinski definition) is 1. The van der Waals surface area contributed by atoms with Crippen LogP contribution in [0.5, 0.6) is 5.75 Å². The molecule has 0 fully saturated rings. The summed E-state index contributed by atoms with van der Waals surface area (Å²) < 4.78 is 11.5. The molecule has 1 heterocycles. The molecule has 4 rings (SSSR count). The number of ether oxygens (including phenoxy) is 1. The number of halogens is 1. The molecule has 6 heteroatoms. The van der Waals surface area contributed by atoms with Gasteiger partial charge in [-0.1, -0.05) is 23.7 Å². The van der Waals surface area contributed by atoms with Crippen molar-refractivity contribution in [3.8, 4) is 17.2 Å². The lowest BCUT2D eigenvalue weighted by molar-refractivity contribution is 0.102. The second kappa shape index (κ2) is 8.20. The van der Waals surface area contributed by atoms with Crippen LogP contribution in [0.3, 0.4) is 0 Å². The third kappa shape index (κ3) is 4.31. The van der Waals surface area contributed by atoms with Gasteiger partial charge in [0.1, 0.15) is 11.3 Å². The number of oxazole rings is 1. The first-order valence-corrected chi connectivity index (χ1v) is 10.0. The van der Waals surface area contributed by atoms with Gasteiger partial charge in [0.05, 0.1) is 6.10 Å². The number of benzene rings is 3. The van der Waals surface area contributed by atoms with E-state index in [0.29, 0.717) is 39.0 Å². The van der Waals surface area contributed by atoms with Gasteiger partial charge in [0, 0.05) is 21.8 Å². The largest absolute Gasteiger partial charge is 0.491 e. The molecule has 0 radical (unpaired) electrons. The zero-order valence-corrected chi connectivity index (χ0v) is 17.7. The fraction of sp³-hybridized carbons (Fsp3) is 0.167. The quantitative estimate of drug-likeness (QED) is 0.400. The average molecular weight is 421 g/mol. The van der Waals surface area contributed by atoms with Crippen molar-refractivity contribution in [2.24, 2.45) is 0 Å². The van der Waals surface area contributed by atoms with Gasteiger partial charge in [-0.25, -0.2) is 4.98 Å². The summed E-state index contributed by atoms with van der Waals surface area (Å²) in [6, 6.07) is 18.1. The molecule has 3 aromatic carbocycles. The van der Waals surface area contributed by atoms with E-state index in [2.05, 4.69) is 10.3 Å². The second-order valence-electron chi connectivity index (χ2n) is 7.31. The lowest BCUT2D eigenvalue weighted by Gasteiger charge is -2.11. The Morgan fingerprint density at radius 2 is 1.93 bits per heavy atom. The van der Waals surface area contributed by atoms with Crippen LogP contribution < -0.4 is 10.1 Å². The smallest absolute Gasteiger partial charge is 0.255 e. The fourth-order valence-electron chi connectivity index (χ4n) is 3.04. The molecule has 0 saturated carbocycles. The topological polar surface area (TPSA) is 64.4 Å². The minimum absolute atomic E-state index is 0.0375. The minimum atomic E-state index is -0.224. The molecule has 0 bridgehead atoms. The number of anilines is 1. The van der Waals surface area contributed by atoms with E-state index in [-0.39, 0.29) is 12.0 Å². The molecule has 0 spiro atoms. The van der Waals surface area contributed by atoms with E-state index in [9.17, 15) is 4.79 Å². The first-order valence-electron chi connectivity index (χ1n) is 9.64. The molecular weight excluding hydrogens is 400 g/mol. The highest BCUT2D eigenvalue weighted by Gasteiger charge is 2.12. The predicted molar refractivity (Wildman–Crippen MR) is 119 cm³/mol. The Morgan fingerprint density at radius 3 is 2.70 bits per heavy atom. The van der Waals surface area contributed by atoms with Crippen molar-refractivity contribution < 1.29 is 13.9 Å². The first-order chi connectivity index (χ1) is 14.4. The van der Waals surface area contributed by atoms with E-state index in [1.54, 1.807) is 36.4 Å². The monoisotopic (exact) mass is 420 g/mol. The summed E-state index contributed by atoms with van der Waals surface area (Å²) in [6.07, 6.45) is 0.0375. The number of aryl methyl sites for hydroxylation is 1. The summed E-state index contributed by atoms with van der Waals surface area (Å²) in [6.45, 7) is 5.83. The SMILES string of the molecule is Cc1ccc(-c2nc3cc(NC(=O)c4cccc(OC(C)C)c4)ccc3o2)cc1Cl. The van der Waals surface area contributed by atoms with Crippen molar-refractivity contribution in [2.45, 2.75) is 26.9 Å². The third-order valence-electron chi connectivity index (χ3n) is 4.53. The maximum absolute atomic E-state index is 12.7. The molecule has 0 aliphatic heterocycles. The molecule has 152 valence electrons. The number of nitrogens with one attached hydrogen (secondary N) is 1. The Kier molecular flexibility index (Phi) is 5.46. The molecule has 5 nitrogen and oxygen atoms in total. The van der Waals surface area contributed by atoms with Gasteiger partial charge in [0.25, 0.3) is 5.91 Å². The second-order valence-corrected chi connectivity index (χ2v) is 7.72. The number of carbonyl (C=O) groups excluding carboxylic acids is 1. The summed E-state index contributed by atoms with van der Waals surface area (Å²) in [5.74, 6) is 0.914. The van der Waals surface area contributed by atoms with E-state index in [0.717, 1.165) is 11.1 Å². The molecule has 0 atom stereocenters. The van der Waals surface area contributed by atoms with E-state index < -0.39 is 0 Å². The lowest BCUT2D eigenvalue weighted by Crippen LogP contribution is -2.12. The fourth-order valence-corrected chi connectivity index (χ4v) is 3.22. The van der Waals surface area contributed by atoms with Gasteiger partial charge in [0.2, 0.25) is 5.89 Å². The van der Waals surface area contributed by atoms with Gasteiger partial charge in [-0.3, -0.25) is 4.79 Å². The van der Waals surface area contributed by atoms with Crippen LogP contribution >= 0.6 is 11.6 Å². The normalized spacial score (nSPS) is 11.1. The van der Waals surface area contributed by atoms with Crippen LogP contribution in [0.4, 0.5) is 5.69 Å². The molecule has 1 amide bonds. The maximum Gasteiger partial charge on any atom is 0.255 e. The zero-order chi connectivity index (χ0) is 21.3. The van der Waals surface area contributed by atoms with Gasteiger partial charge in [-0.2, -0.15) is 0 Å². The summed E-state index contributed by atoms with van der Waals surface area (Å²) in [5, 5.41) is 3.56. The van der Waals surface area contributed by atoms with Crippen LogP contribution in [0.15, 0.2) is 65.1 Å². The molecule has 1 aromatic heterocycles. The Morgan fingerprint density at radius 1 is 1.10 bits per heavy atom. The number of fused-ring (bicyclic) bond motifs is 1. The van der Waals surface area contributed by atoms with Crippen molar-refractivity contribution in [3.63, 3.8) is 0 Å². The Hall–Kier alpha value is -3.31. The van der Waals surface area contributed by atoms with Crippen molar-refractivity contribution in [3.05, 3.63) is 76.8 Å². The van der Waals surface area contributed by atoms with Crippen LogP contribution in [0, 0.1) is 6.92 Å². The van der Waals surface area contributed by atoms with Crippen molar-refractivity contribution in [1.82, 2.24) is 4.98 Å². The summed E-state index contributed by atoms with van der Waals surface area (Å²) >= 11 is 6.22. The van der Waals surface area contributed by atoms with Gasteiger partial charge in [0.15, 0.2) is 5.58 Å². The van der Waals surface area contributed by atoms with Crippen molar-refractivity contribution >= 4 is 34.3 Å². The molecule has 0 unspecified atom stereocenters. The third-order valence-corrected chi connectivity index (χ3v) is 4.94. The molecule has 1 N–H and O–H groups in total. The van der Waals surface area contributed by atoms with Crippen LogP contribution in [0.2, 0.25) is 5.02 Å². The van der Waals surface area contributed by atoms with Crippen molar-refractivity contribution in [2.75, 3.05) is 5.32 Å². The summed E-state index contributed by atoms with van der Waals surface area (Å²) in [7, 11) is 0. The predicted octanol–water partition coefficient (Wildman–Crippen LogP) is 6.50.